The van der Waals surface area contributed by atoms with Crippen molar-refractivity contribution in [1.29, 1.82) is 0 Å². The summed E-state index contributed by atoms with van der Waals surface area (Å²) in [6, 6.07) is 14.7. The number of anilines is 1. The third-order valence-corrected chi connectivity index (χ3v) is 4.10. The lowest BCUT2D eigenvalue weighted by molar-refractivity contribution is 1.13. The average Bonchev–Trinajstić information content (AvgIpc) is 2.46. The molecule has 1 heterocycles. The van der Waals surface area contributed by atoms with Crippen molar-refractivity contribution < 1.29 is 0 Å². The quantitative estimate of drug-likeness (QED) is 0.739. The summed E-state index contributed by atoms with van der Waals surface area (Å²) >= 11 is 3.62. The fourth-order valence-electron chi connectivity index (χ4n) is 2.25. The molecule has 0 saturated heterocycles. The number of fused-ring (bicyclic) bond motifs is 1. The van der Waals surface area contributed by atoms with Gasteiger partial charge in [-0.2, -0.15) is 0 Å². The summed E-state index contributed by atoms with van der Waals surface area (Å²) in [7, 11) is 0. The predicted octanol–water partition coefficient (Wildman–Crippen LogP) is 4.92. The summed E-state index contributed by atoms with van der Waals surface area (Å²) in [5.41, 5.74) is 3.62. The molecule has 100 valence electrons. The van der Waals surface area contributed by atoms with E-state index in [4.69, 9.17) is 0 Å². The number of nitrogens with one attached hydrogen (secondary N) is 1. The van der Waals surface area contributed by atoms with Gasteiger partial charge in [0.25, 0.3) is 0 Å². The van der Waals surface area contributed by atoms with Crippen LogP contribution < -0.4 is 5.32 Å². The van der Waals surface area contributed by atoms with Crippen molar-refractivity contribution >= 4 is 32.4 Å². The molecule has 0 aliphatic heterocycles. The van der Waals surface area contributed by atoms with E-state index in [-0.39, 0.29) is 0 Å². The first kappa shape index (κ1) is 13.1. The van der Waals surface area contributed by atoms with Crippen LogP contribution in [0.4, 0.5) is 5.69 Å². The van der Waals surface area contributed by atoms with E-state index in [9.17, 15) is 0 Å². The van der Waals surface area contributed by atoms with Gasteiger partial charge in [-0.05, 0) is 41.6 Å². The lowest BCUT2D eigenvalue weighted by Crippen LogP contribution is -2.01. The minimum absolute atomic E-state index is 0.787. The molecular weight excluding hydrogens is 312 g/mol. The molecule has 20 heavy (non-hydrogen) atoms. The molecule has 1 N–H and O–H groups in total. The first-order valence-corrected chi connectivity index (χ1v) is 7.35. The highest BCUT2D eigenvalue weighted by Gasteiger charge is 2.03. The van der Waals surface area contributed by atoms with Gasteiger partial charge in [0.15, 0.2) is 0 Å². The number of aromatic nitrogens is 1. The number of hydrogen-bond donors (Lipinski definition) is 1. The molecule has 3 heteroatoms. The second kappa shape index (κ2) is 5.63. The largest absolute Gasteiger partial charge is 0.380 e. The molecule has 0 radical (unpaired) electrons. The molecule has 0 unspecified atom stereocenters. The highest BCUT2D eigenvalue weighted by molar-refractivity contribution is 9.10. The maximum absolute atomic E-state index is 4.21. The first-order chi connectivity index (χ1) is 9.74. The number of benzene rings is 2. The summed E-state index contributed by atoms with van der Waals surface area (Å²) in [5, 5.41) is 5.85. The van der Waals surface area contributed by atoms with Crippen LogP contribution in [0.15, 0.2) is 59.3 Å². The second-order valence-electron chi connectivity index (χ2n) is 4.85. The summed E-state index contributed by atoms with van der Waals surface area (Å²) in [4.78, 5) is 4.21. The number of aryl methyl sites for hydroxylation is 1. The van der Waals surface area contributed by atoms with Crippen LogP contribution in [0.2, 0.25) is 0 Å². The molecule has 2 aromatic carbocycles. The van der Waals surface area contributed by atoms with E-state index in [1.807, 2.05) is 18.5 Å². The van der Waals surface area contributed by atoms with Gasteiger partial charge in [0.05, 0.1) is 0 Å². The fraction of sp³-hybridized carbons (Fsp3) is 0.118. The van der Waals surface area contributed by atoms with E-state index >= 15 is 0 Å². The Labute approximate surface area is 127 Å². The topological polar surface area (TPSA) is 24.9 Å². The van der Waals surface area contributed by atoms with Gasteiger partial charge >= 0.3 is 0 Å². The summed E-state index contributed by atoms with van der Waals surface area (Å²) in [6.45, 7) is 2.88. The van der Waals surface area contributed by atoms with E-state index in [0.29, 0.717) is 0 Å². The zero-order valence-electron chi connectivity index (χ0n) is 11.2. The number of nitrogens with zero attached hydrogens (tertiary/aromatic N) is 1. The molecule has 0 amide bonds. The Morgan fingerprint density at radius 2 is 2.05 bits per heavy atom. The normalized spacial score (nSPS) is 10.7. The van der Waals surface area contributed by atoms with Crippen LogP contribution in [-0.2, 0) is 6.54 Å². The lowest BCUT2D eigenvalue weighted by atomic mass is 10.1. The van der Waals surface area contributed by atoms with E-state index in [1.165, 1.54) is 16.5 Å². The Kier molecular flexibility index (Phi) is 3.70. The fourth-order valence-corrected chi connectivity index (χ4v) is 2.89. The Bertz CT molecular complexity index is 748. The smallest absolute Gasteiger partial charge is 0.0438 e. The average molecular weight is 327 g/mol. The van der Waals surface area contributed by atoms with Gasteiger partial charge in [-0.15, -0.1) is 0 Å². The predicted molar refractivity (Wildman–Crippen MR) is 87.9 cm³/mol. The van der Waals surface area contributed by atoms with Gasteiger partial charge in [0, 0.05) is 34.5 Å². The van der Waals surface area contributed by atoms with Crippen molar-refractivity contribution in [3.8, 4) is 0 Å². The summed E-state index contributed by atoms with van der Waals surface area (Å²) in [6.07, 6.45) is 3.73. The van der Waals surface area contributed by atoms with Crippen molar-refractivity contribution in [3.05, 3.63) is 70.5 Å². The first-order valence-electron chi connectivity index (χ1n) is 6.56. The summed E-state index contributed by atoms with van der Waals surface area (Å²) in [5.74, 6) is 0. The molecule has 0 spiro atoms. The zero-order chi connectivity index (χ0) is 13.9. The number of pyridine rings is 1. The van der Waals surface area contributed by atoms with Crippen LogP contribution in [0.25, 0.3) is 10.8 Å². The van der Waals surface area contributed by atoms with E-state index in [0.717, 1.165) is 22.1 Å². The maximum atomic E-state index is 4.21. The monoisotopic (exact) mass is 326 g/mol. The van der Waals surface area contributed by atoms with Gasteiger partial charge in [0.2, 0.25) is 0 Å². The van der Waals surface area contributed by atoms with Crippen LogP contribution in [0.5, 0.6) is 0 Å². The van der Waals surface area contributed by atoms with Crippen LogP contribution in [0, 0.1) is 6.92 Å². The van der Waals surface area contributed by atoms with Gasteiger partial charge in [-0.1, -0.05) is 40.2 Å². The van der Waals surface area contributed by atoms with Gasteiger partial charge in [-0.25, -0.2) is 0 Å². The van der Waals surface area contributed by atoms with Crippen LogP contribution in [0.1, 0.15) is 11.1 Å². The standard InChI is InChI=1S/C17H15BrN2/c1-12-5-6-14(16(18)9-12)10-20-17-4-2-3-13-7-8-19-11-15(13)17/h2-9,11,20H,10H2,1H3. The minimum Gasteiger partial charge on any atom is -0.380 e. The van der Waals surface area contributed by atoms with Gasteiger partial charge < -0.3 is 5.32 Å². The SMILES string of the molecule is Cc1ccc(CNc2cccc3ccncc23)c(Br)c1. The molecule has 0 saturated carbocycles. The molecule has 2 nitrogen and oxygen atoms in total. The molecule has 3 aromatic rings. The Hall–Kier alpha value is -1.87. The van der Waals surface area contributed by atoms with E-state index in [2.05, 4.69) is 69.6 Å². The molecular formula is C17H15BrN2. The molecule has 0 atom stereocenters. The molecule has 0 aliphatic carbocycles. The van der Waals surface area contributed by atoms with Crippen LogP contribution in [-0.4, -0.2) is 4.98 Å². The molecule has 0 fully saturated rings. The summed E-state index contributed by atoms with van der Waals surface area (Å²) < 4.78 is 1.14. The van der Waals surface area contributed by atoms with E-state index < -0.39 is 0 Å². The lowest BCUT2D eigenvalue weighted by Gasteiger charge is -2.11. The van der Waals surface area contributed by atoms with Crippen molar-refractivity contribution in [1.82, 2.24) is 4.98 Å². The Morgan fingerprint density at radius 1 is 1.15 bits per heavy atom. The van der Waals surface area contributed by atoms with Crippen molar-refractivity contribution in [3.63, 3.8) is 0 Å². The Morgan fingerprint density at radius 3 is 2.90 bits per heavy atom. The Balaban J connectivity index is 1.87. The molecule has 1 aromatic heterocycles. The van der Waals surface area contributed by atoms with Gasteiger partial charge in [-0.3, -0.25) is 4.98 Å². The zero-order valence-corrected chi connectivity index (χ0v) is 12.8. The number of hydrogen-bond acceptors (Lipinski definition) is 2. The van der Waals surface area contributed by atoms with Gasteiger partial charge in [0.1, 0.15) is 0 Å². The second-order valence-corrected chi connectivity index (χ2v) is 5.71. The molecule has 0 bridgehead atoms. The third-order valence-electron chi connectivity index (χ3n) is 3.36. The van der Waals surface area contributed by atoms with E-state index in [1.54, 1.807) is 0 Å². The maximum Gasteiger partial charge on any atom is 0.0438 e. The van der Waals surface area contributed by atoms with Crippen LogP contribution >= 0.6 is 15.9 Å². The third kappa shape index (κ3) is 2.68. The van der Waals surface area contributed by atoms with Crippen molar-refractivity contribution in [2.45, 2.75) is 13.5 Å². The van der Waals surface area contributed by atoms with Crippen molar-refractivity contribution in [2.24, 2.45) is 0 Å². The highest BCUT2D eigenvalue weighted by atomic mass is 79.9. The van der Waals surface area contributed by atoms with Crippen LogP contribution in [0.3, 0.4) is 0 Å². The molecule has 3 rings (SSSR count). The highest BCUT2D eigenvalue weighted by Crippen LogP contribution is 2.24. The minimum atomic E-state index is 0.787. The van der Waals surface area contributed by atoms with Crippen molar-refractivity contribution in [2.75, 3.05) is 5.32 Å². The number of rotatable bonds is 3. The molecule has 0 aliphatic rings. The number of halogens is 1.